The Kier molecular flexibility index (Phi) is 12.3. The number of carbonyl (C=O) groups excluding carboxylic acids is 1. The lowest BCUT2D eigenvalue weighted by Crippen LogP contribution is -2.40. The number of hydrogen-bond acceptors (Lipinski definition) is 6. The molecular weight excluding hydrogens is 454 g/mol. The van der Waals surface area contributed by atoms with Gasteiger partial charge in [0.25, 0.3) is 6.02 Å². The quantitative estimate of drug-likeness (QED) is 0.142. The Morgan fingerprint density at radius 2 is 1.53 bits per heavy atom. The Labute approximate surface area is 216 Å². The smallest absolute Gasteiger partial charge is 0.293 e. The second kappa shape index (κ2) is 15.7. The van der Waals surface area contributed by atoms with Crippen LogP contribution in [0.4, 0.5) is 5.69 Å². The highest BCUT2D eigenvalue weighted by atomic mass is 16.5. The highest BCUT2D eigenvalue weighted by molar-refractivity contribution is 5.86. The number of carbonyl (C=O) groups is 1. The number of allylic oxidation sites excluding steroid dienone is 1. The summed E-state index contributed by atoms with van der Waals surface area (Å²) in [6, 6.07) is 9.18. The summed E-state index contributed by atoms with van der Waals surface area (Å²) < 4.78 is 6.21. The van der Waals surface area contributed by atoms with Crippen LogP contribution in [-0.2, 0) is 9.53 Å². The van der Waals surface area contributed by atoms with Gasteiger partial charge in [-0.25, -0.2) is 4.99 Å². The van der Waals surface area contributed by atoms with Gasteiger partial charge in [-0.15, -0.1) is 0 Å². The molecule has 0 bridgehead atoms. The van der Waals surface area contributed by atoms with Crippen LogP contribution in [0.15, 0.2) is 35.0 Å². The van der Waals surface area contributed by atoms with Crippen molar-refractivity contribution in [1.29, 1.82) is 0 Å². The lowest BCUT2D eigenvalue weighted by Gasteiger charge is -2.33. The van der Waals surface area contributed by atoms with Gasteiger partial charge in [0.2, 0.25) is 0 Å². The van der Waals surface area contributed by atoms with Crippen LogP contribution < -0.4 is 4.90 Å². The average molecular weight is 500 g/mol. The number of ether oxygens (including phenoxy) is 1. The van der Waals surface area contributed by atoms with Crippen molar-refractivity contribution < 1.29 is 19.7 Å². The van der Waals surface area contributed by atoms with Crippen LogP contribution in [0.2, 0.25) is 0 Å². The van der Waals surface area contributed by atoms with Crippen molar-refractivity contribution in [3.05, 3.63) is 35.6 Å². The molecule has 2 fully saturated rings. The summed E-state index contributed by atoms with van der Waals surface area (Å²) in [6.45, 7) is 1.72. The first-order chi connectivity index (χ1) is 17.6. The molecule has 0 aromatic heterocycles. The van der Waals surface area contributed by atoms with Gasteiger partial charge in [0.1, 0.15) is 0 Å². The van der Waals surface area contributed by atoms with Crippen LogP contribution in [0.5, 0.6) is 0 Å². The van der Waals surface area contributed by atoms with Crippen LogP contribution >= 0.6 is 0 Å². The summed E-state index contributed by atoms with van der Waals surface area (Å²) in [5.74, 6) is 0.261. The summed E-state index contributed by atoms with van der Waals surface area (Å²) in [4.78, 5) is 21.4. The lowest BCUT2D eigenvalue weighted by molar-refractivity contribution is -0.106. The Morgan fingerprint density at radius 3 is 2.08 bits per heavy atom. The zero-order valence-corrected chi connectivity index (χ0v) is 22.0. The molecule has 3 rings (SSSR count). The van der Waals surface area contributed by atoms with Crippen molar-refractivity contribution in [2.75, 3.05) is 38.3 Å². The predicted molar refractivity (Wildman–Crippen MR) is 146 cm³/mol. The number of nitrogens with zero attached hydrogens (tertiary/aromatic N) is 3. The molecule has 0 aliphatic heterocycles. The summed E-state index contributed by atoms with van der Waals surface area (Å²) >= 11 is 0. The number of rotatable bonds is 12. The molecule has 7 nitrogen and oxygen atoms in total. The van der Waals surface area contributed by atoms with Gasteiger partial charge in [-0.05, 0) is 62.3 Å². The fraction of sp³-hybridized carbons (Fsp3) is 0.655. The molecule has 7 heteroatoms. The maximum atomic E-state index is 12.0. The van der Waals surface area contributed by atoms with Crippen LogP contribution in [0.3, 0.4) is 0 Å². The van der Waals surface area contributed by atoms with Gasteiger partial charge < -0.3 is 24.7 Å². The van der Waals surface area contributed by atoms with E-state index in [-0.39, 0.29) is 25.0 Å². The molecule has 1 aromatic rings. The molecule has 2 aliphatic carbocycles. The van der Waals surface area contributed by atoms with E-state index in [0.717, 1.165) is 56.3 Å². The van der Waals surface area contributed by atoms with Gasteiger partial charge >= 0.3 is 0 Å². The van der Waals surface area contributed by atoms with E-state index >= 15 is 0 Å². The Balaban J connectivity index is 1.75. The first kappa shape index (κ1) is 28.2. The summed E-state index contributed by atoms with van der Waals surface area (Å²) in [5.41, 5.74) is 1.90. The largest absolute Gasteiger partial charge is 0.422 e. The third-order valence-electron chi connectivity index (χ3n) is 7.36. The molecule has 0 saturated heterocycles. The summed E-state index contributed by atoms with van der Waals surface area (Å²) in [5, 5.41) is 18.4. The van der Waals surface area contributed by atoms with Crippen LogP contribution in [0.1, 0.15) is 82.6 Å². The SMILES string of the molecule is CN(C(=NC1CCCCC1)O/C(C=O)=C/c1ccc(N(CCCO)CCCO)cc1)C1CCCCC1. The molecule has 2 saturated carbocycles. The van der Waals surface area contributed by atoms with Crippen molar-refractivity contribution in [1.82, 2.24) is 4.90 Å². The van der Waals surface area contributed by atoms with Gasteiger partial charge in [-0.2, -0.15) is 0 Å². The Bertz CT molecular complexity index is 819. The topological polar surface area (TPSA) is 85.6 Å². The van der Waals surface area contributed by atoms with Crippen molar-refractivity contribution in [2.45, 2.75) is 89.1 Å². The standard InChI is InChI=1S/C29H45N3O4/c1-31(26-12-6-3-7-13-26)29(30-25-10-4-2-5-11-25)36-28(23-35)22-24-14-16-27(17-15-24)32(18-8-20-33)19-9-21-34/h14-17,22-23,25-26,33-34H,2-13,18-21H2,1H3/b28-22+,30-29?. The van der Waals surface area contributed by atoms with E-state index in [4.69, 9.17) is 9.73 Å². The highest BCUT2D eigenvalue weighted by Crippen LogP contribution is 2.25. The number of hydrogen-bond donors (Lipinski definition) is 2. The van der Waals surface area contributed by atoms with Gasteiger partial charge in [0.15, 0.2) is 12.0 Å². The zero-order chi connectivity index (χ0) is 25.6. The van der Waals surface area contributed by atoms with E-state index in [0.29, 0.717) is 24.9 Å². The molecule has 2 aliphatic rings. The molecule has 0 amide bonds. The fourth-order valence-electron chi connectivity index (χ4n) is 5.21. The molecule has 0 radical (unpaired) electrons. The number of aliphatic hydroxyl groups excluding tert-OH is 2. The monoisotopic (exact) mass is 499 g/mol. The van der Waals surface area contributed by atoms with Crippen molar-refractivity contribution in [2.24, 2.45) is 4.99 Å². The normalized spacial score (nSPS) is 18.2. The molecular formula is C29H45N3O4. The van der Waals surface area contributed by atoms with Crippen molar-refractivity contribution in [3.63, 3.8) is 0 Å². The minimum Gasteiger partial charge on any atom is -0.422 e. The third-order valence-corrected chi connectivity index (χ3v) is 7.36. The van der Waals surface area contributed by atoms with E-state index in [1.807, 2.05) is 24.3 Å². The number of amidine groups is 1. The number of anilines is 1. The minimum atomic E-state index is 0.135. The number of aliphatic hydroxyl groups is 2. The van der Waals surface area contributed by atoms with Gasteiger partial charge in [-0.3, -0.25) is 4.79 Å². The maximum absolute atomic E-state index is 12.0. The van der Waals surface area contributed by atoms with Crippen LogP contribution in [0, 0.1) is 0 Å². The third kappa shape index (κ3) is 8.93. The van der Waals surface area contributed by atoms with Gasteiger partial charge in [0.05, 0.1) is 6.04 Å². The zero-order valence-electron chi connectivity index (χ0n) is 22.0. The van der Waals surface area contributed by atoms with Crippen molar-refractivity contribution >= 4 is 24.1 Å². The molecule has 0 unspecified atom stereocenters. The maximum Gasteiger partial charge on any atom is 0.293 e. The van der Waals surface area contributed by atoms with E-state index in [9.17, 15) is 15.0 Å². The van der Waals surface area contributed by atoms with E-state index in [1.54, 1.807) is 6.08 Å². The number of aliphatic imine (C=N–C) groups is 1. The van der Waals surface area contributed by atoms with Crippen molar-refractivity contribution in [3.8, 4) is 0 Å². The fourth-order valence-corrected chi connectivity index (χ4v) is 5.21. The van der Waals surface area contributed by atoms with E-state index in [1.165, 1.54) is 38.5 Å². The first-order valence-corrected chi connectivity index (χ1v) is 13.9. The highest BCUT2D eigenvalue weighted by Gasteiger charge is 2.24. The van der Waals surface area contributed by atoms with Crippen LogP contribution in [-0.4, -0.2) is 72.9 Å². The Hall–Kier alpha value is -2.38. The number of aldehydes is 1. The van der Waals surface area contributed by atoms with E-state index < -0.39 is 0 Å². The molecule has 1 aromatic carbocycles. The Morgan fingerprint density at radius 1 is 0.944 bits per heavy atom. The van der Waals surface area contributed by atoms with Gasteiger partial charge in [0, 0.05) is 45.1 Å². The molecule has 0 atom stereocenters. The summed E-state index contributed by atoms with van der Waals surface area (Å²) in [6.07, 6.45) is 15.7. The molecule has 0 heterocycles. The van der Waals surface area contributed by atoms with E-state index in [2.05, 4.69) is 16.8 Å². The summed E-state index contributed by atoms with van der Waals surface area (Å²) in [7, 11) is 2.06. The minimum absolute atomic E-state index is 0.135. The van der Waals surface area contributed by atoms with Crippen LogP contribution in [0.25, 0.3) is 6.08 Å². The second-order valence-electron chi connectivity index (χ2n) is 10.1. The molecule has 2 N–H and O–H groups in total. The molecule has 36 heavy (non-hydrogen) atoms. The predicted octanol–water partition coefficient (Wildman–Crippen LogP) is 4.77. The number of benzene rings is 1. The molecule has 200 valence electrons. The first-order valence-electron chi connectivity index (χ1n) is 13.9. The molecule has 0 spiro atoms. The average Bonchev–Trinajstić information content (AvgIpc) is 2.93. The second-order valence-corrected chi connectivity index (χ2v) is 10.1. The van der Waals surface area contributed by atoms with Gasteiger partial charge in [-0.1, -0.05) is 50.7 Å². The lowest BCUT2D eigenvalue weighted by atomic mass is 9.94.